The van der Waals surface area contributed by atoms with Gasteiger partial charge in [0.15, 0.2) is 0 Å². The molecule has 2 nitrogen and oxygen atoms in total. The van der Waals surface area contributed by atoms with Crippen molar-refractivity contribution in [1.82, 2.24) is 4.90 Å². The highest BCUT2D eigenvalue weighted by Crippen LogP contribution is 2.41. The second-order valence-corrected chi connectivity index (χ2v) is 7.35. The molecule has 0 heterocycles. The average Bonchev–Trinajstić information content (AvgIpc) is 2.53. The quantitative estimate of drug-likeness (QED) is 0.749. The standard InChI is InChI=1S/C20H25NOS/c1-13-12-14(2)16(4)18(15(13)3)23-19(20(22)21(5)6)17-10-8-7-9-11-17/h7-12,19H,1-6H3/t19-/m0/s1. The molecular weight excluding hydrogens is 302 g/mol. The van der Waals surface area contributed by atoms with Crippen molar-refractivity contribution < 1.29 is 4.79 Å². The molecule has 0 spiro atoms. The van der Waals surface area contributed by atoms with Gasteiger partial charge >= 0.3 is 0 Å². The van der Waals surface area contributed by atoms with Gasteiger partial charge in [-0.05, 0) is 55.5 Å². The highest BCUT2D eigenvalue weighted by molar-refractivity contribution is 8.00. The SMILES string of the molecule is Cc1cc(C)c(C)c(S[C@H](C(=O)N(C)C)c2ccccc2)c1C. The van der Waals surface area contributed by atoms with Crippen LogP contribution >= 0.6 is 11.8 Å². The molecule has 0 bridgehead atoms. The minimum Gasteiger partial charge on any atom is -0.348 e. The molecule has 0 unspecified atom stereocenters. The molecule has 0 aliphatic carbocycles. The average molecular weight is 327 g/mol. The minimum atomic E-state index is -0.218. The lowest BCUT2D eigenvalue weighted by Crippen LogP contribution is -2.26. The van der Waals surface area contributed by atoms with Gasteiger partial charge in [0, 0.05) is 19.0 Å². The molecule has 1 atom stereocenters. The first-order valence-corrected chi connectivity index (χ1v) is 8.71. The van der Waals surface area contributed by atoms with Crippen LogP contribution < -0.4 is 0 Å². The van der Waals surface area contributed by atoms with Crippen molar-refractivity contribution in [3.05, 3.63) is 64.2 Å². The predicted molar refractivity (Wildman–Crippen MR) is 99.1 cm³/mol. The predicted octanol–water partition coefficient (Wildman–Crippen LogP) is 4.84. The van der Waals surface area contributed by atoms with Gasteiger partial charge in [-0.1, -0.05) is 36.4 Å². The molecule has 23 heavy (non-hydrogen) atoms. The third-order valence-electron chi connectivity index (χ3n) is 4.30. The van der Waals surface area contributed by atoms with Gasteiger partial charge in [0.25, 0.3) is 0 Å². The number of carbonyl (C=O) groups is 1. The third-order valence-corrected chi connectivity index (χ3v) is 5.86. The monoisotopic (exact) mass is 327 g/mol. The van der Waals surface area contributed by atoms with E-state index in [1.165, 1.54) is 27.1 Å². The fourth-order valence-electron chi connectivity index (χ4n) is 2.60. The van der Waals surface area contributed by atoms with Crippen LogP contribution in [0.3, 0.4) is 0 Å². The summed E-state index contributed by atoms with van der Waals surface area (Å²) in [5.41, 5.74) is 6.14. The number of hydrogen-bond donors (Lipinski definition) is 0. The number of amides is 1. The van der Waals surface area contributed by atoms with Crippen LogP contribution in [-0.2, 0) is 4.79 Å². The van der Waals surface area contributed by atoms with Gasteiger partial charge in [-0.25, -0.2) is 0 Å². The van der Waals surface area contributed by atoms with Crippen LogP contribution in [0.4, 0.5) is 0 Å². The van der Waals surface area contributed by atoms with Crippen molar-refractivity contribution in [1.29, 1.82) is 0 Å². The van der Waals surface area contributed by atoms with E-state index in [2.05, 4.69) is 33.8 Å². The molecule has 2 aromatic carbocycles. The highest BCUT2D eigenvalue weighted by atomic mass is 32.2. The molecule has 0 aromatic heterocycles. The summed E-state index contributed by atoms with van der Waals surface area (Å²) in [4.78, 5) is 15.7. The molecule has 0 N–H and O–H groups in total. The Kier molecular flexibility index (Phi) is 5.53. The summed E-state index contributed by atoms with van der Waals surface area (Å²) in [6.45, 7) is 8.56. The topological polar surface area (TPSA) is 20.3 Å². The van der Waals surface area contributed by atoms with E-state index in [4.69, 9.17) is 0 Å². The Morgan fingerprint density at radius 3 is 1.96 bits per heavy atom. The van der Waals surface area contributed by atoms with Crippen LogP contribution in [-0.4, -0.2) is 24.9 Å². The first-order chi connectivity index (χ1) is 10.8. The van der Waals surface area contributed by atoms with Gasteiger partial charge in [0.2, 0.25) is 5.91 Å². The van der Waals surface area contributed by atoms with Crippen molar-refractivity contribution >= 4 is 17.7 Å². The Morgan fingerprint density at radius 1 is 0.957 bits per heavy atom. The summed E-state index contributed by atoms with van der Waals surface area (Å²) >= 11 is 1.67. The third kappa shape index (κ3) is 3.78. The van der Waals surface area contributed by atoms with Gasteiger partial charge in [-0.2, -0.15) is 0 Å². The van der Waals surface area contributed by atoms with Crippen LogP contribution in [0.2, 0.25) is 0 Å². The van der Waals surface area contributed by atoms with Gasteiger partial charge in [-0.3, -0.25) is 4.79 Å². The number of aryl methyl sites for hydroxylation is 2. The van der Waals surface area contributed by atoms with E-state index in [0.29, 0.717) is 0 Å². The van der Waals surface area contributed by atoms with Crippen LogP contribution in [0, 0.1) is 27.7 Å². The summed E-state index contributed by atoms with van der Waals surface area (Å²) in [5.74, 6) is 0.124. The van der Waals surface area contributed by atoms with Crippen molar-refractivity contribution in [3.8, 4) is 0 Å². The maximum atomic E-state index is 12.7. The van der Waals surface area contributed by atoms with Crippen LogP contribution in [0.15, 0.2) is 41.3 Å². The van der Waals surface area contributed by atoms with Crippen LogP contribution in [0.25, 0.3) is 0 Å². The molecule has 0 aliphatic heterocycles. The number of hydrogen-bond acceptors (Lipinski definition) is 2. The fraction of sp³-hybridized carbons (Fsp3) is 0.350. The highest BCUT2D eigenvalue weighted by Gasteiger charge is 2.25. The van der Waals surface area contributed by atoms with Crippen molar-refractivity contribution in [3.63, 3.8) is 0 Å². The zero-order valence-electron chi connectivity index (χ0n) is 14.8. The molecule has 2 aromatic rings. The Bertz CT molecular complexity index is 681. The molecule has 2 rings (SSSR count). The largest absolute Gasteiger partial charge is 0.348 e. The number of benzene rings is 2. The van der Waals surface area contributed by atoms with Gasteiger partial charge in [0.1, 0.15) is 5.25 Å². The number of thioether (sulfide) groups is 1. The van der Waals surface area contributed by atoms with E-state index in [0.717, 1.165) is 5.56 Å². The first-order valence-electron chi connectivity index (χ1n) is 7.83. The smallest absolute Gasteiger partial charge is 0.240 e. The molecule has 0 radical (unpaired) electrons. The first kappa shape index (κ1) is 17.6. The molecular formula is C20H25NOS. The zero-order valence-corrected chi connectivity index (χ0v) is 15.6. The number of carbonyl (C=O) groups excluding carboxylic acids is 1. The van der Waals surface area contributed by atoms with E-state index in [1.807, 2.05) is 44.4 Å². The minimum absolute atomic E-state index is 0.124. The van der Waals surface area contributed by atoms with E-state index < -0.39 is 0 Å². The molecule has 3 heteroatoms. The summed E-state index contributed by atoms with van der Waals surface area (Å²) in [6.07, 6.45) is 0. The Hall–Kier alpha value is -1.74. The number of nitrogens with zero attached hydrogens (tertiary/aromatic N) is 1. The second kappa shape index (κ2) is 7.22. The summed E-state index contributed by atoms with van der Waals surface area (Å²) < 4.78 is 0. The number of rotatable bonds is 4. The summed E-state index contributed by atoms with van der Waals surface area (Å²) in [6, 6.07) is 12.3. The molecule has 0 fully saturated rings. The lowest BCUT2D eigenvalue weighted by molar-refractivity contribution is -0.128. The lowest BCUT2D eigenvalue weighted by Gasteiger charge is -2.23. The normalized spacial score (nSPS) is 12.1. The van der Waals surface area contributed by atoms with Gasteiger partial charge < -0.3 is 4.90 Å². The molecule has 0 saturated heterocycles. The lowest BCUT2D eigenvalue weighted by atomic mass is 10.0. The fourth-order valence-corrected chi connectivity index (χ4v) is 4.11. The van der Waals surface area contributed by atoms with E-state index in [9.17, 15) is 4.79 Å². The number of likely N-dealkylation sites (N-methyl/N-ethyl adjacent to an activating group) is 1. The molecule has 0 aliphatic rings. The zero-order chi connectivity index (χ0) is 17.1. The van der Waals surface area contributed by atoms with E-state index in [1.54, 1.807) is 16.7 Å². The van der Waals surface area contributed by atoms with Crippen LogP contribution in [0.1, 0.15) is 33.1 Å². The van der Waals surface area contributed by atoms with Gasteiger partial charge in [-0.15, -0.1) is 11.8 Å². The van der Waals surface area contributed by atoms with Gasteiger partial charge in [0.05, 0.1) is 0 Å². The van der Waals surface area contributed by atoms with E-state index >= 15 is 0 Å². The molecule has 1 amide bonds. The van der Waals surface area contributed by atoms with Crippen LogP contribution in [0.5, 0.6) is 0 Å². The van der Waals surface area contributed by atoms with Crippen molar-refractivity contribution in [2.24, 2.45) is 0 Å². The molecule has 122 valence electrons. The maximum absolute atomic E-state index is 12.7. The van der Waals surface area contributed by atoms with Crippen molar-refractivity contribution in [2.45, 2.75) is 37.8 Å². The Morgan fingerprint density at radius 2 is 1.48 bits per heavy atom. The Balaban J connectivity index is 2.50. The summed E-state index contributed by atoms with van der Waals surface area (Å²) in [5, 5.41) is -0.218. The second-order valence-electron chi connectivity index (χ2n) is 6.23. The van der Waals surface area contributed by atoms with Crippen molar-refractivity contribution in [2.75, 3.05) is 14.1 Å². The Labute approximate surface area is 143 Å². The van der Waals surface area contributed by atoms with E-state index in [-0.39, 0.29) is 11.2 Å². The summed E-state index contributed by atoms with van der Waals surface area (Å²) in [7, 11) is 3.64. The molecule has 0 saturated carbocycles. The maximum Gasteiger partial charge on any atom is 0.240 e.